The van der Waals surface area contributed by atoms with E-state index in [1.807, 2.05) is 24.3 Å². The van der Waals surface area contributed by atoms with Crippen molar-refractivity contribution in [3.05, 3.63) is 77.4 Å². The summed E-state index contributed by atoms with van der Waals surface area (Å²) in [5, 5.41) is 25.2. The van der Waals surface area contributed by atoms with E-state index < -0.39 is 23.7 Å². The monoisotopic (exact) mass is 538 g/mol. The molecule has 40 heavy (non-hydrogen) atoms. The van der Waals surface area contributed by atoms with Crippen LogP contribution < -0.4 is 5.32 Å². The van der Waals surface area contributed by atoms with E-state index in [1.54, 1.807) is 30.1 Å². The first-order valence-electron chi connectivity index (χ1n) is 13.4. The van der Waals surface area contributed by atoms with Crippen LogP contribution >= 0.6 is 0 Å². The summed E-state index contributed by atoms with van der Waals surface area (Å²) in [6, 6.07) is 10.1. The minimum Gasteiger partial charge on any atom is -0.389 e. The van der Waals surface area contributed by atoms with Crippen LogP contribution in [0.25, 0.3) is 11.2 Å². The number of carbonyl (C=O) groups is 1. The SMILES string of the molecule is CC(=O)[C@]12CC1[C@@H](n1cnc3c(NC4C[C@H]4c4ccc(F)c(C)c4)nc(C#Cc4ccccn4)nc31)[C@H](O)C2O. The van der Waals surface area contributed by atoms with Crippen LogP contribution in [0.1, 0.15) is 54.4 Å². The van der Waals surface area contributed by atoms with Crippen LogP contribution in [0, 0.1) is 35.9 Å². The number of fused-ring (bicyclic) bond motifs is 2. The van der Waals surface area contributed by atoms with Gasteiger partial charge in [-0.15, -0.1) is 0 Å². The molecule has 4 aromatic rings. The van der Waals surface area contributed by atoms with E-state index >= 15 is 0 Å². The number of nitrogens with zero attached hydrogens (tertiary/aromatic N) is 5. The number of Topliss-reactive ketones (excluding diaryl/α,β-unsaturated/α-hetero) is 1. The van der Waals surface area contributed by atoms with Gasteiger partial charge in [0.25, 0.3) is 0 Å². The van der Waals surface area contributed by atoms with Crippen LogP contribution in [0.4, 0.5) is 10.2 Å². The molecule has 3 aromatic heterocycles. The number of hydrogen-bond acceptors (Lipinski definition) is 8. The maximum atomic E-state index is 13.8. The van der Waals surface area contributed by atoms with E-state index in [0.717, 1.165) is 12.0 Å². The molecule has 0 spiro atoms. The lowest BCUT2D eigenvalue weighted by Gasteiger charge is -2.23. The summed E-state index contributed by atoms with van der Waals surface area (Å²) in [5.74, 6) is 6.38. The molecule has 3 aliphatic carbocycles. The average molecular weight is 539 g/mol. The summed E-state index contributed by atoms with van der Waals surface area (Å²) in [6.45, 7) is 3.22. The van der Waals surface area contributed by atoms with Gasteiger partial charge in [0.1, 0.15) is 23.4 Å². The zero-order valence-corrected chi connectivity index (χ0v) is 21.9. The molecule has 3 N–H and O–H groups in total. The van der Waals surface area contributed by atoms with E-state index in [-0.39, 0.29) is 35.3 Å². The predicted molar refractivity (Wildman–Crippen MR) is 144 cm³/mol. The molecule has 0 amide bonds. The molecule has 0 bridgehead atoms. The van der Waals surface area contributed by atoms with Gasteiger partial charge in [0.2, 0.25) is 5.82 Å². The number of ketones is 1. The van der Waals surface area contributed by atoms with Gasteiger partial charge in [-0.1, -0.05) is 18.2 Å². The highest BCUT2D eigenvalue weighted by Crippen LogP contribution is 2.68. The maximum Gasteiger partial charge on any atom is 0.209 e. The molecule has 7 atom stereocenters. The van der Waals surface area contributed by atoms with Gasteiger partial charge in [0.05, 0.1) is 23.9 Å². The topological polar surface area (TPSA) is 126 Å². The Morgan fingerprint density at radius 3 is 2.75 bits per heavy atom. The lowest BCUT2D eigenvalue weighted by Crippen LogP contribution is -2.36. The number of aryl methyl sites for hydroxylation is 1. The number of benzene rings is 1. The summed E-state index contributed by atoms with van der Waals surface area (Å²) < 4.78 is 15.6. The molecule has 3 fully saturated rings. The lowest BCUT2D eigenvalue weighted by atomic mass is 9.95. The van der Waals surface area contributed by atoms with Crippen molar-refractivity contribution >= 4 is 22.8 Å². The molecule has 0 saturated heterocycles. The van der Waals surface area contributed by atoms with E-state index in [0.29, 0.717) is 34.7 Å². The first-order chi connectivity index (χ1) is 19.3. The summed E-state index contributed by atoms with van der Waals surface area (Å²) >= 11 is 0. The number of rotatable bonds is 5. The van der Waals surface area contributed by atoms with E-state index in [1.165, 1.54) is 13.0 Å². The highest BCUT2D eigenvalue weighted by atomic mass is 19.1. The number of aromatic nitrogens is 5. The third kappa shape index (κ3) is 3.80. The molecule has 9 nitrogen and oxygen atoms in total. The Hall–Kier alpha value is -4.20. The van der Waals surface area contributed by atoms with Gasteiger partial charge < -0.3 is 20.1 Å². The number of imidazole rings is 1. The number of pyridine rings is 1. The molecule has 3 heterocycles. The number of halogens is 1. The first-order valence-corrected chi connectivity index (χ1v) is 13.4. The number of carbonyl (C=O) groups excluding carboxylic acids is 1. The van der Waals surface area contributed by atoms with Gasteiger partial charge in [0, 0.05) is 18.2 Å². The van der Waals surface area contributed by atoms with Crippen molar-refractivity contribution in [3.8, 4) is 11.8 Å². The number of nitrogens with one attached hydrogen (secondary N) is 1. The second-order valence-electron chi connectivity index (χ2n) is 11.1. The minimum absolute atomic E-state index is 0.0670. The highest BCUT2D eigenvalue weighted by molar-refractivity contribution is 5.88. The number of hydrogen-bond donors (Lipinski definition) is 3. The molecular weight excluding hydrogens is 511 g/mol. The normalized spacial score (nSPS) is 29.9. The van der Waals surface area contributed by atoms with Gasteiger partial charge in [-0.3, -0.25) is 4.79 Å². The van der Waals surface area contributed by atoms with Crippen LogP contribution in [0.5, 0.6) is 0 Å². The van der Waals surface area contributed by atoms with Crippen molar-refractivity contribution in [2.24, 2.45) is 11.3 Å². The average Bonchev–Trinajstić information content (AvgIpc) is 3.83. The molecule has 3 saturated carbocycles. The molecule has 1 aromatic carbocycles. The van der Waals surface area contributed by atoms with Crippen molar-refractivity contribution < 1.29 is 19.4 Å². The van der Waals surface area contributed by atoms with E-state index in [9.17, 15) is 19.4 Å². The minimum atomic E-state index is -1.15. The van der Waals surface area contributed by atoms with Crippen molar-refractivity contribution in [3.63, 3.8) is 0 Å². The zero-order valence-electron chi connectivity index (χ0n) is 21.9. The van der Waals surface area contributed by atoms with Crippen LogP contribution in [-0.4, -0.2) is 58.7 Å². The molecule has 3 aliphatic rings. The smallest absolute Gasteiger partial charge is 0.209 e. The van der Waals surface area contributed by atoms with Gasteiger partial charge >= 0.3 is 0 Å². The summed E-state index contributed by atoms with van der Waals surface area (Å²) in [5.41, 5.74) is 2.27. The number of aliphatic hydroxyl groups is 2. The Bertz CT molecular complexity index is 1730. The van der Waals surface area contributed by atoms with Crippen LogP contribution in [0.2, 0.25) is 0 Å². The van der Waals surface area contributed by atoms with Crippen molar-refractivity contribution in [1.29, 1.82) is 0 Å². The fourth-order valence-corrected chi connectivity index (χ4v) is 6.42. The largest absolute Gasteiger partial charge is 0.389 e. The Kier molecular flexibility index (Phi) is 5.53. The predicted octanol–water partition coefficient (Wildman–Crippen LogP) is 2.91. The van der Waals surface area contributed by atoms with Gasteiger partial charge in [-0.05, 0) is 73.8 Å². The van der Waals surface area contributed by atoms with Crippen molar-refractivity contribution in [1.82, 2.24) is 24.5 Å². The third-order valence-corrected chi connectivity index (χ3v) is 8.76. The van der Waals surface area contributed by atoms with E-state index in [4.69, 9.17) is 4.98 Å². The van der Waals surface area contributed by atoms with Gasteiger partial charge in [0.15, 0.2) is 17.0 Å². The Morgan fingerprint density at radius 2 is 2.02 bits per heavy atom. The summed E-state index contributed by atoms with van der Waals surface area (Å²) in [6.07, 6.45) is 2.32. The van der Waals surface area contributed by atoms with E-state index in [2.05, 4.69) is 32.1 Å². The second-order valence-corrected chi connectivity index (χ2v) is 11.1. The second kappa shape index (κ2) is 8.91. The standard InChI is InChI=1S/C30H27FN6O3/c1-15-11-17(6-8-21(15)31)19-12-22(19)34-28-24-29(36-23(35-28)9-7-18-5-3-4-10-32-18)37(14-33-24)25-20-13-30(20,16(2)38)27(40)26(25)39/h3-6,8,10-11,14,19-20,22,25-27,39-40H,12-13H2,1-2H3,(H,34,35,36)/t19-,20?,22?,25+,26-,27?,30+/m0/s1. The maximum absolute atomic E-state index is 13.8. The third-order valence-electron chi connectivity index (χ3n) is 8.76. The molecule has 3 unspecified atom stereocenters. The molecule has 10 heteroatoms. The highest BCUT2D eigenvalue weighted by Gasteiger charge is 2.74. The number of aliphatic hydroxyl groups excluding tert-OH is 2. The summed E-state index contributed by atoms with van der Waals surface area (Å²) in [4.78, 5) is 30.6. The van der Waals surface area contributed by atoms with Crippen LogP contribution in [-0.2, 0) is 4.79 Å². The molecule has 0 aliphatic heterocycles. The van der Waals surface area contributed by atoms with Gasteiger partial charge in [-0.25, -0.2) is 24.3 Å². The molecule has 202 valence electrons. The first kappa shape index (κ1) is 24.8. The summed E-state index contributed by atoms with van der Waals surface area (Å²) in [7, 11) is 0. The molecule has 0 radical (unpaired) electrons. The van der Waals surface area contributed by atoms with Crippen molar-refractivity contribution in [2.45, 2.75) is 56.9 Å². The number of anilines is 1. The van der Waals surface area contributed by atoms with Crippen LogP contribution in [0.3, 0.4) is 0 Å². The lowest BCUT2D eigenvalue weighted by molar-refractivity contribution is -0.128. The zero-order chi connectivity index (χ0) is 27.8. The molecular formula is C30H27FN6O3. The quantitative estimate of drug-likeness (QED) is 0.331. The fourth-order valence-electron chi connectivity index (χ4n) is 6.42. The fraction of sp³-hybridized carbons (Fsp3) is 0.367. The van der Waals surface area contributed by atoms with Gasteiger partial charge in [-0.2, -0.15) is 0 Å². The van der Waals surface area contributed by atoms with Crippen molar-refractivity contribution in [2.75, 3.05) is 5.32 Å². The van der Waals surface area contributed by atoms with Crippen LogP contribution in [0.15, 0.2) is 48.9 Å². The Labute approximate surface area is 229 Å². The molecule has 7 rings (SSSR count). The Morgan fingerprint density at radius 1 is 1.18 bits per heavy atom. The Balaban J connectivity index is 1.27.